The molecule has 0 saturated heterocycles. The quantitative estimate of drug-likeness (QED) is 0.583. The van der Waals surface area contributed by atoms with Crippen molar-refractivity contribution >= 4 is 45.3 Å². The van der Waals surface area contributed by atoms with Crippen LogP contribution in [0.1, 0.15) is 6.92 Å². The zero-order valence-electron chi connectivity index (χ0n) is 9.07. The number of hydrogen-bond donors (Lipinski definition) is 3. The molecule has 0 spiro atoms. The van der Waals surface area contributed by atoms with Crippen molar-refractivity contribution in [2.24, 2.45) is 5.73 Å². The number of benzene rings is 1. The van der Waals surface area contributed by atoms with Crippen LogP contribution in [0.15, 0.2) is 27.6 Å². The number of carbonyl (C=O) groups is 2. The number of amides is 3. The van der Waals surface area contributed by atoms with Crippen LogP contribution < -0.4 is 16.8 Å². The molecule has 92 valence electrons. The van der Waals surface area contributed by atoms with Crippen LogP contribution in [0.2, 0.25) is 0 Å². The second-order valence-corrected chi connectivity index (χ2v) is 5.59. The summed E-state index contributed by atoms with van der Waals surface area (Å²) in [6.45, 7) is 1.67. The van der Waals surface area contributed by atoms with Crippen molar-refractivity contribution in [3.63, 3.8) is 0 Å². The highest BCUT2D eigenvalue weighted by Crippen LogP contribution is 2.31. The minimum absolute atomic E-state index is 0.443. The molecule has 1 aromatic rings. The van der Waals surface area contributed by atoms with Gasteiger partial charge in [0.15, 0.2) is 0 Å². The second kappa shape index (κ2) is 5.92. The van der Waals surface area contributed by atoms with Crippen molar-refractivity contribution in [1.29, 1.82) is 0 Å². The van der Waals surface area contributed by atoms with E-state index in [-0.39, 0.29) is 0 Å². The van der Waals surface area contributed by atoms with E-state index in [1.54, 1.807) is 13.0 Å². The maximum atomic E-state index is 11.5. The molecular weight excluding hydrogens is 306 g/mol. The summed E-state index contributed by atoms with van der Waals surface area (Å²) in [5.74, 6) is -0.443. The van der Waals surface area contributed by atoms with Crippen LogP contribution in [0.4, 0.5) is 10.5 Å². The van der Waals surface area contributed by atoms with Crippen LogP contribution in [-0.4, -0.2) is 17.2 Å². The Morgan fingerprint density at radius 3 is 2.71 bits per heavy atom. The van der Waals surface area contributed by atoms with E-state index >= 15 is 0 Å². The van der Waals surface area contributed by atoms with E-state index in [0.29, 0.717) is 5.69 Å². The highest BCUT2D eigenvalue weighted by Gasteiger charge is 2.17. The third-order valence-corrected chi connectivity index (χ3v) is 3.56. The predicted molar refractivity (Wildman–Crippen MR) is 71.6 cm³/mol. The number of halogens is 1. The van der Waals surface area contributed by atoms with Crippen molar-refractivity contribution in [3.8, 4) is 0 Å². The number of nitrogen functional groups attached to an aromatic ring is 1. The number of nitrogens with two attached hydrogens (primary N) is 2. The van der Waals surface area contributed by atoms with Gasteiger partial charge in [-0.25, -0.2) is 4.79 Å². The van der Waals surface area contributed by atoms with Crippen LogP contribution in [0.3, 0.4) is 0 Å². The van der Waals surface area contributed by atoms with Gasteiger partial charge in [-0.3, -0.25) is 10.1 Å². The number of carbonyl (C=O) groups excluding carboxylic acids is 2. The first-order chi connectivity index (χ1) is 7.90. The standard InChI is InChI=1S/C10H12BrN3O2S/c1-5(9(15)14-10(13)16)17-8-4-6(11)2-3-7(8)12/h2-5H,12H2,1H3,(H3,13,14,15,16). The lowest BCUT2D eigenvalue weighted by Crippen LogP contribution is -2.39. The van der Waals surface area contributed by atoms with E-state index in [4.69, 9.17) is 11.5 Å². The Balaban J connectivity index is 2.73. The van der Waals surface area contributed by atoms with Gasteiger partial charge in [0, 0.05) is 15.1 Å². The molecular formula is C10H12BrN3O2S. The fourth-order valence-electron chi connectivity index (χ4n) is 1.08. The topological polar surface area (TPSA) is 98.2 Å². The number of primary amides is 1. The monoisotopic (exact) mass is 317 g/mol. The third kappa shape index (κ3) is 4.27. The Bertz CT molecular complexity index is 453. The summed E-state index contributed by atoms with van der Waals surface area (Å²) in [4.78, 5) is 22.8. The lowest BCUT2D eigenvalue weighted by Gasteiger charge is -2.11. The summed E-state index contributed by atoms with van der Waals surface area (Å²) in [5, 5.41) is 1.56. The molecule has 1 aromatic carbocycles. The number of urea groups is 1. The molecule has 0 fully saturated rings. The van der Waals surface area contributed by atoms with Gasteiger partial charge in [0.25, 0.3) is 0 Å². The molecule has 0 heterocycles. The summed E-state index contributed by atoms with van der Waals surface area (Å²) < 4.78 is 0.872. The zero-order chi connectivity index (χ0) is 13.0. The second-order valence-electron chi connectivity index (χ2n) is 3.30. The smallest absolute Gasteiger partial charge is 0.318 e. The summed E-state index contributed by atoms with van der Waals surface area (Å²) >= 11 is 4.58. The summed E-state index contributed by atoms with van der Waals surface area (Å²) in [7, 11) is 0. The van der Waals surface area contributed by atoms with Crippen molar-refractivity contribution in [2.45, 2.75) is 17.1 Å². The Morgan fingerprint density at radius 1 is 1.47 bits per heavy atom. The minimum atomic E-state index is -0.857. The van der Waals surface area contributed by atoms with Crippen LogP contribution >= 0.6 is 27.7 Å². The predicted octanol–water partition coefficient (Wildman–Crippen LogP) is 1.71. The van der Waals surface area contributed by atoms with E-state index in [1.165, 1.54) is 11.8 Å². The average Bonchev–Trinajstić information content (AvgIpc) is 2.22. The Labute approximate surface area is 111 Å². The van der Waals surface area contributed by atoms with Crippen molar-refractivity contribution in [3.05, 3.63) is 22.7 Å². The van der Waals surface area contributed by atoms with Gasteiger partial charge >= 0.3 is 6.03 Å². The molecule has 0 radical (unpaired) electrons. The molecule has 1 rings (SSSR count). The molecule has 5 nitrogen and oxygen atoms in total. The van der Waals surface area contributed by atoms with Gasteiger partial charge in [-0.1, -0.05) is 15.9 Å². The normalized spacial score (nSPS) is 11.9. The van der Waals surface area contributed by atoms with Gasteiger partial charge < -0.3 is 11.5 Å². The molecule has 17 heavy (non-hydrogen) atoms. The van der Waals surface area contributed by atoms with Crippen LogP contribution in [0.5, 0.6) is 0 Å². The summed E-state index contributed by atoms with van der Waals surface area (Å²) in [5.41, 5.74) is 11.2. The molecule has 0 aliphatic heterocycles. The maximum Gasteiger partial charge on any atom is 0.318 e. The van der Waals surface area contributed by atoms with Crippen LogP contribution in [0, 0.1) is 0 Å². The Hall–Kier alpha value is -1.21. The van der Waals surface area contributed by atoms with E-state index in [9.17, 15) is 9.59 Å². The van der Waals surface area contributed by atoms with Gasteiger partial charge in [0.2, 0.25) is 5.91 Å². The fourth-order valence-corrected chi connectivity index (χ4v) is 2.54. The van der Waals surface area contributed by atoms with Crippen molar-refractivity contribution < 1.29 is 9.59 Å². The van der Waals surface area contributed by atoms with E-state index in [1.807, 2.05) is 17.4 Å². The molecule has 3 amide bonds. The Morgan fingerprint density at radius 2 is 2.12 bits per heavy atom. The van der Waals surface area contributed by atoms with Gasteiger partial charge in [0.05, 0.1) is 5.25 Å². The summed E-state index contributed by atoms with van der Waals surface area (Å²) in [6.07, 6.45) is 0. The lowest BCUT2D eigenvalue weighted by molar-refractivity contribution is -0.119. The van der Waals surface area contributed by atoms with Gasteiger partial charge in [0.1, 0.15) is 0 Å². The molecule has 0 bridgehead atoms. The van der Waals surface area contributed by atoms with Gasteiger partial charge in [-0.05, 0) is 25.1 Å². The first-order valence-electron chi connectivity index (χ1n) is 4.72. The minimum Gasteiger partial charge on any atom is -0.398 e. The van der Waals surface area contributed by atoms with E-state index < -0.39 is 17.2 Å². The molecule has 0 saturated carbocycles. The first kappa shape index (κ1) is 13.9. The number of thioether (sulfide) groups is 1. The maximum absolute atomic E-state index is 11.5. The van der Waals surface area contributed by atoms with Crippen LogP contribution in [-0.2, 0) is 4.79 Å². The number of nitrogens with one attached hydrogen (secondary N) is 1. The third-order valence-electron chi connectivity index (χ3n) is 1.89. The molecule has 0 aliphatic carbocycles. The van der Waals surface area contributed by atoms with Crippen molar-refractivity contribution in [1.82, 2.24) is 5.32 Å². The van der Waals surface area contributed by atoms with E-state index in [2.05, 4.69) is 15.9 Å². The van der Waals surface area contributed by atoms with Crippen molar-refractivity contribution in [2.75, 3.05) is 5.73 Å². The van der Waals surface area contributed by atoms with Gasteiger partial charge in [-0.15, -0.1) is 11.8 Å². The van der Waals surface area contributed by atoms with Crippen LogP contribution in [0.25, 0.3) is 0 Å². The molecule has 0 aliphatic rings. The highest BCUT2D eigenvalue weighted by atomic mass is 79.9. The highest BCUT2D eigenvalue weighted by molar-refractivity contribution is 9.10. The molecule has 1 atom stereocenters. The number of anilines is 1. The molecule has 7 heteroatoms. The molecule has 1 unspecified atom stereocenters. The zero-order valence-corrected chi connectivity index (χ0v) is 11.5. The largest absolute Gasteiger partial charge is 0.398 e. The van der Waals surface area contributed by atoms with Gasteiger partial charge in [-0.2, -0.15) is 0 Å². The fraction of sp³-hybridized carbons (Fsp3) is 0.200. The molecule has 0 aromatic heterocycles. The number of imide groups is 1. The number of rotatable bonds is 3. The average molecular weight is 318 g/mol. The van der Waals surface area contributed by atoms with E-state index in [0.717, 1.165) is 9.37 Å². The first-order valence-corrected chi connectivity index (χ1v) is 6.39. The number of hydrogen-bond acceptors (Lipinski definition) is 4. The summed E-state index contributed by atoms with van der Waals surface area (Å²) in [6, 6.07) is 4.51. The SMILES string of the molecule is CC(Sc1cc(Br)ccc1N)C(=O)NC(N)=O. The Kier molecular flexibility index (Phi) is 4.83. The lowest BCUT2D eigenvalue weighted by atomic mass is 10.3. The molecule has 5 N–H and O–H groups in total.